The number of fused-ring (bicyclic) bond motifs is 2. The van der Waals surface area contributed by atoms with Crippen LogP contribution in [0.15, 0.2) is 51.7 Å². The van der Waals surface area contributed by atoms with Crippen LogP contribution in [0.25, 0.3) is 11.0 Å². The second-order valence-corrected chi connectivity index (χ2v) is 8.02. The normalized spacial score (nSPS) is 16.2. The molecule has 0 saturated heterocycles. The first-order valence-electron chi connectivity index (χ1n) is 8.99. The Morgan fingerprint density at radius 1 is 1.07 bits per heavy atom. The number of para-hydroxylation sites is 1. The van der Waals surface area contributed by atoms with Gasteiger partial charge in [0.2, 0.25) is 5.76 Å². The molecular formula is C21H19Cl2N2O3+. The molecule has 144 valence electrons. The quantitative estimate of drug-likeness (QED) is 0.709. The zero-order chi connectivity index (χ0) is 20.0. The van der Waals surface area contributed by atoms with Gasteiger partial charge < -0.3 is 14.2 Å². The molecule has 1 N–H and O–H groups in total. The highest BCUT2D eigenvalue weighted by Gasteiger charge is 2.42. The molecule has 0 bridgehead atoms. The molecule has 0 aliphatic carbocycles. The van der Waals surface area contributed by atoms with Gasteiger partial charge >= 0.3 is 0 Å². The number of carbonyl (C=O) groups excluding carboxylic acids is 1. The number of hydrogen-bond donors (Lipinski definition) is 1. The molecule has 3 aromatic rings. The van der Waals surface area contributed by atoms with Crippen molar-refractivity contribution in [3.8, 4) is 0 Å². The largest absolute Gasteiger partial charge is 0.450 e. The average molecular weight is 418 g/mol. The Bertz CT molecular complexity index is 1140. The Hall–Kier alpha value is -2.34. The molecule has 4 rings (SSSR count). The van der Waals surface area contributed by atoms with Gasteiger partial charge in [-0.25, -0.2) is 0 Å². The first-order valence-corrected chi connectivity index (χ1v) is 9.74. The van der Waals surface area contributed by atoms with Crippen molar-refractivity contribution in [3.05, 3.63) is 79.6 Å². The molecule has 28 heavy (non-hydrogen) atoms. The lowest BCUT2D eigenvalue weighted by molar-refractivity contribution is -0.857. The number of nitrogens with one attached hydrogen (secondary N) is 1. The van der Waals surface area contributed by atoms with Gasteiger partial charge in [0.15, 0.2) is 5.43 Å². The molecule has 1 aliphatic rings. The van der Waals surface area contributed by atoms with Gasteiger partial charge in [0.25, 0.3) is 5.91 Å². The minimum absolute atomic E-state index is 0.105. The summed E-state index contributed by atoms with van der Waals surface area (Å²) in [6.45, 7) is 1.21. The second kappa shape index (κ2) is 7.24. The van der Waals surface area contributed by atoms with E-state index >= 15 is 0 Å². The summed E-state index contributed by atoms with van der Waals surface area (Å²) in [7, 11) is 4.03. The Kier molecular flexibility index (Phi) is 4.91. The Morgan fingerprint density at radius 3 is 2.54 bits per heavy atom. The number of amides is 1. The molecule has 7 heteroatoms. The second-order valence-electron chi connectivity index (χ2n) is 7.20. The SMILES string of the molecule is C[NH+](C)CCN1C(=O)c2oc3ccccc3c(=O)c2[C@H]1c1ccc(Cl)c(Cl)c1. The van der Waals surface area contributed by atoms with Gasteiger partial charge in [-0.1, -0.05) is 41.4 Å². The fourth-order valence-corrected chi connectivity index (χ4v) is 3.88. The third kappa shape index (κ3) is 3.09. The first-order chi connectivity index (χ1) is 13.4. The van der Waals surface area contributed by atoms with E-state index < -0.39 is 6.04 Å². The van der Waals surface area contributed by atoms with Crippen LogP contribution in [0.3, 0.4) is 0 Å². The summed E-state index contributed by atoms with van der Waals surface area (Å²) in [6.07, 6.45) is 0. The van der Waals surface area contributed by atoms with E-state index in [1.54, 1.807) is 47.4 Å². The van der Waals surface area contributed by atoms with Crippen LogP contribution in [0.2, 0.25) is 10.0 Å². The standard InChI is InChI=1S/C21H18Cl2N2O3/c1-24(2)9-10-25-18(12-7-8-14(22)15(23)11-12)17-19(26)13-5-3-4-6-16(13)28-20(17)21(25)27/h3-8,11,18H,9-10H2,1-2H3/p+1/t18-/m1/s1. The van der Waals surface area contributed by atoms with E-state index in [4.69, 9.17) is 27.6 Å². The average Bonchev–Trinajstić information content (AvgIpc) is 2.95. The highest BCUT2D eigenvalue weighted by atomic mass is 35.5. The number of nitrogens with zero attached hydrogens (tertiary/aromatic N) is 1. The first kappa shape index (κ1) is 19.0. The topological polar surface area (TPSA) is 55.0 Å². The number of hydrogen-bond acceptors (Lipinski definition) is 3. The van der Waals surface area contributed by atoms with Crippen LogP contribution in [-0.4, -0.2) is 38.0 Å². The molecule has 0 radical (unpaired) electrons. The minimum Gasteiger partial charge on any atom is -0.450 e. The maximum atomic E-state index is 13.3. The Labute approximate surface area is 172 Å². The molecule has 2 aromatic carbocycles. The van der Waals surface area contributed by atoms with Crippen molar-refractivity contribution in [2.24, 2.45) is 0 Å². The number of halogens is 2. The Morgan fingerprint density at radius 2 is 1.82 bits per heavy atom. The Balaban J connectivity index is 1.95. The van der Waals surface area contributed by atoms with Gasteiger partial charge in [0.1, 0.15) is 5.58 Å². The predicted octanol–water partition coefficient (Wildman–Crippen LogP) is 2.79. The van der Waals surface area contributed by atoms with E-state index in [0.29, 0.717) is 33.1 Å². The summed E-state index contributed by atoms with van der Waals surface area (Å²) in [5.41, 5.74) is 1.31. The fourth-order valence-electron chi connectivity index (χ4n) is 3.57. The van der Waals surface area contributed by atoms with Crippen LogP contribution in [-0.2, 0) is 0 Å². The highest BCUT2D eigenvalue weighted by Crippen LogP contribution is 2.39. The highest BCUT2D eigenvalue weighted by molar-refractivity contribution is 6.42. The minimum atomic E-state index is -0.558. The van der Waals surface area contributed by atoms with Crippen molar-refractivity contribution in [1.29, 1.82) is 0 Å². The molecule has 1 aromatic heterocycles. The van der Waals surface area contributed by atoms with Crippen LogP contribution in [0.4, 0.5) is 0 Å². The van der Waals surface area contributed by atoms with Gasteiger partial charge in [0, 0.05) is 0 Å². The van der Waals surface area contributed by atoms with E-state index in [1.807, 2.05) is 14.1 Å². The molecule has 1 aliphatic heterocycles. The van der Waals surface area contributed by atoms with Crippen LogP contribution >= 0.6 is 23.2 Å². The maximum absolute atomic E-state index is 13.3. The lowest BCUT2D eigenvalue weighted by Crippen LogP contribution is -3.06. The molecule has 1 atom stereocenters. The molecule has 5 nitrogen and oxygen atoms in total. The fraction of sp³-hybridized carbons (Fsp3) is 0.238. The lowest BCUT2D eigenvalue weighted by Gasteiger charge is -2.25. The van der Waals surface area contributed by atoms with Gasteiger partial charge in [-0.15, -0.1) is 0 Å². The number of rotatable bonds is 4. The number of carbonyl (C=O) groups is 1. The molecule has 0 fully saturated rings. The number of quaternary nitrogens is 1. The van der Waals surface area contributed by atoms with Crippen molar-refractivity contribution in [2.45, 2.75) is 6.04 Å². The molecular weight excluding hydrogens is 399 g/mol. The van der Waals surface area contributed by atoms with E-state index in [2.05, 4.69) is 0 Å². The van der Waals surface area contributed by atoms with Crippen LogP contribution < -0.4 is 10.3 Å². The maximum Gasteiger partial charge on any atom is 0.291 e. The monoisotopic (exact) mass is 417 g/mol. The summed E-state index contributed by atoms with van der Waals surface area (Å²) in [4.78, 5) is 29.3. The molecule has 0 saturated carbocycles. The zero-order valence-electron chi connectivity index (χ0n) is 15.5. The van der Waals surface area contributed by atoms with Crippen LogP contribution in [0.1, 0.15) is 27.7 Å². The van der Waals surface area contributed by atoms with E-state index in [1.165, 1.54) is 4.90 Å². The van der Waals surface area contributed by atoms with Gasteiger partial charge in [0.05, 0.1) is 54.2 Å². The van der Waals surface area contributed by atoms with Crippen LogP contribution in [0, 0.1) is 0 Å². The van der Waals surface area contributed by atoms with Crippen molar-refractivity contribution in [1.82, 2.24) is 4.90 Å². The smallest absolute Gasteiger partial charge is 0.291 e. The van der Waals surface area contributed by atoms with E-state index in [0.717, 1.165) is 12.1 Å². The van der Waals surface area contributed by atoms with Crippen molar-refractivity contribution in [2.75, 3.05) is 27.2 Å². The number of likely N-dealkylation sites (N-methyl/N-ethyl adjacent to an activating group) is 1. The third-order valence-electron chi connectivity index (χ3n) is 4.99. The summed E-state index contributed by atoms with van der Waals surface area (Å²) >= 11 is 12.3. The van der Waals surface area contributed by atoms with Gasteiger partial charge in [-0.05, 0) is 29.8 Å². The summed E-state index contributed by atoms with van der Waals surface area (Å²) < 4.78 is 5.88. The van der Waals surface area contributed by atoms with Crippen LogP contribution in [0.5, 0.6) is 0 Å². The van der Waals surface area contributed by atoms with E-state index in [9.17, 15) is 9.59 Å². The zero-order valence-corrected chi connectivity index (χ0v) is 17.0. The third-order valence-corrected chi connectivity index (χ3v) is 5.72. The molecule has 1 amide bonds. The molecule has 0 unspecified atom stereocenters. The summed E-state index contributed by atoms with van der Waals surface area (Å²) in [5.74, 6) is -0.177. The number of benzene rings is 2. The van der Waals surface area contributed by atoms with Crippen molar-refractivity contribution < 1.29 is 14.1 Å². The molecule has 2 heterocycles. The van der Waals surface area contributed by atoms with Gasteiger partial charge in [-0.2, -0.15) is 0 Å². The van der Waals surface area contributed by atoms with Gasteiger partial charge in [-0.3, -0.25) is 9.59 Å². The summed E-state index contributed by atoms with van der Waals surface area (Å²) in [6, 6.07) is 11.6. The molecule has 0 spiro atoms. The predicted molar refractivity (Wildman–Crippen MR) is 110 cm³/mol. The van der Waals surface area contributed by atoms with Crippen molar-refractivity contribution in [3.63, 3.8) is 0 Å². The summed E-state index contributed by atoms with van der Waals surface area (Å²) in [5, 5.41) is 1.26. The lowest BCUT2D eigenvalue weighted by atomic mass is 9.98. The van der Waals surface area contributed by atoms with E-state index in [-0.39, 0.29) is 17.1 Å². The van der Waals surface area contributed by atoms with Crippen molar-refractivity contribution >= 4 is 40.1 Å².